The largest absolute Gasteiger partial charge is 0.478 e. The highest BCUT2D eigenvalue weighted by molar-refractivity contribution is 5.91. The Hall–Kier alpha value is -3.75. The fraction of sp³-hybridized carbons (Fsp3) is 0.238. The van der Waals surface area contributed by atoms with Crippen LogP contribution in [0.2, 0.25) is 0 Å². The van der Waals surface area contributed by atoms with E-state index in [1.807, 2.05) is 0 Å². The lowest BCUT2D eigenvalue weighted by atomic mass is 10.0. The molecular weight excluding hydrogens is 393 g/mol. The summed E-state index contributed by atoms with van der Waals surface area (Å²) in [6.45, 7) is 1.22. The maximum absolute atomic E-state index is 14.0. The maximum atomic E-state index is 14.0. The molecule has 0 saturated carbocycles. The van der Waals surface area contributed by atoms with Crippen LogP contribution in [0.5, 0.6) is 0 Å². The normalized spacial score (nSPS) is 12.5. The molecule has 0 bridgehead atoms. The number of carboxylic acid groups (broad SMARTS) is 1. The highest BCUT2D eigenvalue weighted by Crippen LogP contribution is 2.11. The Morgan fingerprint density at radius 2 is 1.60 bits per heavy atom. The average molecular weight is 415 g/mol. The van der Waals surface area contributed by atoms with Gasteiger partial charge in [-0.2, -0.15) is 0 Å². The van der Waals surface area contributed by atoms with Crippen LogP contribution in [0.25, 0.3) is 0 Å². The summed E-state index contributed by atoms with van der Waals surface area (Å²) in [4.78, 5) is 47.0. The Bertz CT molecular complexity index is 946. The standard InChI is InChI=1S/C21H22FN3O5/c1-12(26)24-18(11-15-4-2-3-5-16(15)22)20(28)25-17(19(23)27)10-13-6-8-14(9-7-13)21(29)30/h2-9,17-18H,10-11H2,1H3,(H2,23,27)(H,24,26)(H,25,28)(H,29,30)/t17-,18+/m1/s1. The van der Waals surface area contributed by atoms with Crippen LogP contribution in [-0.2, 0) is 27.2 Å². The third-order valence-corrected chi connectivity index (χ3v) is 4.38. The summed E-state index contributed by atoms with van der Waals surface area (Å²) in [5.41, 5.74) is 6.28. The summed E-state index contributed by atoms with van der Waals surface area (Å²) in [5, 5.41) is 13.9. The van der Waals surface area contributed by atoms with Crippen molar-refractivity contribution in [1.82, 2.24) is 10.6 Å². The predicted molar refractivity (Wildman–Crippen MR) is 106 cm³/mol. The van der Waals surface area contributed by atoms with E-state index in [4.69, 9.17) is 10.8 Å². The van der Waals surface area contributed by atoms with Gasteiger partial charge in [0.15, 0.2) is 0 Å². The molecule has 8 nitrogen and oxygen atoms in total. The Labute approximate surface area is 172 Å². The molecule has 2 rings (SSSR count). The van der Waals surface area contributed by atoms with Gasteiger partial charge in [-0.3, -0.25) is 14.4 Å². The molecule has 0 aliphatic carbocycles. The van der Waals surface area contributed by atoms with Gasteiger partial charge in [0, 0.05) is 19.8 Å². The minimum Gasteiger partial charge on any atom is -0.478 e. The van der Waals surface area contributed by atoms with E-state index in [9.17, 15) is 23.6 Å². The fourth-order valence-electron chi connectivity index (χ4n) is 2.85. The van der Waals surface area contributed by atoms with Crippen molar-refractivity contribution in [2.45, 2.75) is 31.8 Å². The van der Waals surface area contributed by atoms with E-state index >= 15 is 0 Å². The van der Waals surface area contributed by atoms with Crippen molar-refractivity contribution in [1.29, 1.82) is 0 Å². The summed E-state index contributed by atoms with van der Waals surface area (Å²) in [6, 6.07) is 9.38. The summed E-state index contributed by atoms with van der Waals surface area (Å²) >= 11 is 0. The maximum Gasteiger partial charge on any atom is 0.335 e. The molecule has 0 unspecified atom stereocenters. The SMILES string of the molecule is CC(=O)N[C@@H](Cc1ccccc1F)C(=O)N[C@H](Cc1ccc(C(=O)O)cc1)C(N)=O. The van der Waals surface area contributed by atoms with Gasteiger partial charge in [-0.15, -0.1) is 0 Å². The molecule has 30 heavy (non-hydrogen) atoms. The number of hydrogen-bond acceptors (Lipinski definition) is 4. The predicted octanol–water partition coefficient (Wildman–Crippen LogP) is 0.784. The minimum absolute atomic E-state index is 0.0213. The Kier molecular flexibility index (Phi) is 7.62. The van der Waals surface area contributed by atoms with Crippen molar-refractivity contribution < 1.29 is 28.7 Å². The van der Waals surface area contributed by atoms with Crippen LogP contribution in [0.1, 0.15) is 28.4 Å². The van der Waals surface area contributed by atoms with Crippen LogP contribution in [0.4, 0.5) is 4.39 Å². The molecule has 5 N–H and O–H groups in total. The molecule has 3 amide bonds. The molecule has 0 heterocycles. The highest BCUT2D eigenvalue weighted by Gasteiger charge is 2.26. The van der Waals surface area contributed by atoms with Crippen LogP contribution in [0.15, 0.2) is 48.5 Å². The van der Waals surface area contributed by atoms with Crippen LogP contribution in [-0.4, -0.2) is 40.9 Å². The molecule has 2 atom stereocenters. The Morgan fingerprint density at radius 3 is 2.13 bits per heavy atom. The number of amides is 3. The Morgan fingerprint density at radius 1 is 0.967 bits per heavy atom. The first kappa shape index (κ1) is 22.5. The topological polar surface area (TPSA) is 139 Å². The smallest absolute Gasteiger partial charge is 0.335 e. The van der Waals surface area contributed by atoms with Gasteiger partial charge in [-0.05, 0) is 29.3 Å². The lowest BCUT2D eigenvalue weighted by Crippen LogP contribution is -2.54. The first-order valence-electron chi connectivity index (χ1n) is 9.09. The average Bonchev–Trinajstić information content (AvgIpc) is 2.68. The van der Waals surface area contributed by atoms with Crippen molar-refractivity contribution in [3.05, 3.63) is 71.0 Å². The second-order valence-electron chi connectivity index (χ2n) is 6.72. The number of carbonyl (C=O) groups excluding carboxylic acids is 3. The third kappa shape index (κ3) is 6.40. The van der Waals surface area contributed by atoms with Crippen LogP contribution >= 0.6 is 0 Å². The quantitative estimate of drug-likeness (QED) is 0.479. The van der Waals surface area contributed by atoms with Gasteiger partial charge in [0.05, 0.1) is 5.56 Å². The second-order valence-corrected chi connectivity index (χ2v) is 6.72. The molecule has 0 radical (unpaired) electrons. The van der Waals surface area contributed by atoms with Gasteiger partial charge in [-0.1, -0.05) is 30.3 Å². The first-order chi connectivity index (χ1) is 14.2. The molecule has 9 heteroatoms. The molecule has 0 aliphatic rings. The number of nitrogens with two attached hydrogens (primary N) is 1. The van der Waals surface area contributed by atoms with Crippen molar-refractivity contribution >= 4 is 23.7 Å². The Balaban J connectivity index is 2.14. The number of carboxylic acids is 1. The molecule has 0 spiro atoms. The van der Waals surface area contributed by atoms with Crippen LogP contribution in [0, 0.1) is 5.82 Å². The number of benzene rings is 2. The van der Waals surface area contributed by atoms with E-state index in [0.29, 0.717) is 5.56 Å². The zero-order valence-electron chi connectivity index (χ0n) is 16.2. The zero-order valence-corrected chi connectivity index (χ0v) is 16.2. The number of aromatic carboxylic acids is 1. The third-order valence-electron chi connectivity index (χ3n) is 4.38. The van der Waals surface area contributed by atoms with E-state index < -0.39 is 41.6 Å². The fourth-order valence-corrected chi connectivity index (χ4v) is 2.85. The van der Waals surface area contributed by atoms with Gasteiger partial charge < -0.3 is 21.5 Å². The second kappa shape index (κ2) is 10.1. The molecule has 0 saturated heterocycles. The van der Waals surface area contributed by atoms with Gasteiger partial charge in [0.1, 0.15) is 17.9 Å². The number of rotatable bonds is 9. The zero-order chi connectivity index (χ0) is 22.3. The van der Waals surface area contributed by atoms with E-state index in [2.05, 4.69) is 10.6 Å². The molecular formula is C21H22FN3O5. The monoisotopic (exact) mass is 415 g/mol. The number of carbonyl (C=O) groups is 4. The number of hydrogen-bond donors (Lipinski definition) is 4. The van der Waals surface area contributed by atoms with Crippen molar-refractivity contribution in [3.63, 3.8) is 0 Å². The molecule has 0 fully saturated rings. The molecule has 0 aliphatic heterocycles. The van der Waals surface area contributed by atoms with Crippen molar-refractivity contribution in [2.75, 3.05) is 0 Å². The summed E-state index contributed by atoms with van der Waals surface area (Å²) in [6.07, 6.45) is -0.0929. The number of nitrogens with one attached hydrogen (secondary N) is 2. The number of primary amides is 1. The minimum atomic E-state index is -1.12. The summed E-state index contributed by atoms with van der Waals surface area (Å²) in [7, 11) is 0. The molecule has 0 aromatic heterocycles. The summed E-state index contributed by atoms with van der Waals surface area (Å²) in [5.74, 6) is -3.61. The first-order valence-corrected chi connectivity index (χ1v) is 9.09. The van der Waals surface area contributed by atoms with Gasteiger partial charge in [-0.25, -0.2) is 9.18 Å². The molecule has 2 aromatic rings. The van der Waals surface area contributed by atoms with Gasteiger partial charge in [0.2, 0.25) is 17.7 Å². The summed E-state index contributed by atoms with van der Waals surface area (Å²) < 4.78 is 14.0. The van der Waals surface area contributed by atoms with E-state index in [1.54, 1.807) is 6.07 Å². The van der Waals surface area contributed by atoms with E-state index in [0.717, 1.165) is 0 Å². The van der Waals surface area contributed by atoms with Crippen molar-refractivity contribution in [3.8, 4) is 0 Å². The van der Waals surface area contributed by atoms with E-state index in [1.165, 1.54) is 49.4 Å². The van der Waals surface area contributed by atoms with Gasteiger partial charge >= 0.3 is 5.97 Å². The number of halogens is 1. The highest BCUT2D eigenvalue weighted by atomic mass is 19.1. The lowest BCUT2D eigenvalue weighted by Gasteiger charge is -2.22. The van der Waals surface area contributed by atoms with Crippen molar-refractivity contribution in [2.24, 2.45) is 5.73 Å². The molecule has 158 valence electrons. The van der Waals surface area contributed by atoms with Crippen LogP contribution in [0.3, 0.4) is 0 Å². The van der Waals surface area contributed by atoms with E-state index in [-0.39, 0.29) is 24.0 Å². The lowest BCUT2D eigenvalue weighted by molar-refractivity contribution is -0.130. The van der Waals surface area contributed by atoms with Gasteiger partial charge in [0.25, 0.3) is 0 Å². The van der Waals surface area contributed by atoms with Crippen LogP contribution < -0.4 is 16.4 Å². The molecule has 2 aromatic carbocycles.